The first kappa shape index (κ1) is 12.4. The molecule has 94 valence electrons. The van der Waals surface area contributed by atoms with E-state index in [2.05, 4.69) is 11.9 Å². The Labute approximate surface area is 100 Å². The first-order valence-corrected chi connectivity index (χ1v) is 7.15. The molecule has 0 aromatic heterocycles. The molecule has 0 spiro atoms. The smallest absolute Gasteiger partial charge is 0.0695 e. The van der Waals surface area contributed by atoms with E-state index in [-0.39, 0.29) is 6.10 Å². The summed E-state index contributed by atoms with van der Waals surface area (Å²) in [5.41, 5.74) is 0. The Morgan fingerprint density at radius 1 is 1.00 bits per heavy atom. The average Bonchev–Trinajstić information content (AvgIpc) is 2.83. The standard InChI is InChI=1S/C14H27NO/c1-15(13-9-3-2-4-10-13)11-14(16)12-7-5-6-8-12/h12-14,16H,2-11H2,1H3. The zero-order chi connectivity index (χ0) is 11.4. The summed E-state index contributed by atoms with van der Waals surface area (Å²) in [6.07, 6.45) is 11.9. The van der Waals surface area contributed by atoms with E-state index >= 15 is 0 Å². The first-order chi connectivity index (χ1) is 7.77. The quantitative estimate of drug-likeness (QED) is 0.795. The number of hydrogen-bond donors (Lipinski definition) is 1. The second-order valence-corrected chi connectivity index (χ2v) is 5.84. The molecule has 0 bridgehead atoms. The number of nitrogens with zero attached hydrogens (tertiary/aromatic N) is 1. The van der Waals surface area contributed by atoms with Gasteiger partial charge < -0.3 is 10.0 Å². The van der Waals surface area contributed by atoms with Gasteiger partial charge >= 0.3 is 0 Å². The largest absolute Gasteiger partial charge is 0.392 e. The van der Waals surface area contributed by atoms with Gasteiger partial charge in [-0.15, -0.1) is 0 Å². The molecule has 1 unspecified atom stereocenters. The Balaban J connectivity index is 1.74. The molecule has 1 N–H and O–H groups in total. The van der Waals surface area contributed by atoms with Crippen LogP contribution in [-0.2, 0) is 0 Å². The van der Waals surface area contributed by atoms with Gasteiger partial charge in [-0.1, -0.05) is 32.1 Å². The lowest BCUT2D eigenvalue weighted by Crippen LogP contribution is -2.40. The zero-order valence-electron chi connectivity index (χ0n) is 10.7. The third-order valence-corrected chi connectivity index (χ3v) is 4.62. The average molecular weight is 225 g/mol. The van der Waals surface area contributed by atoms with Crippen LogP contribution in [0.5, 0.6) is 0 Å². The van der Waals surface area contributed by atoms with E-state index in [0.717, 1.165) is 12.6 Å². The Morgan fingerprint density at radius 3 is 2.19 bits per heavy atom. The van der Waals surface area contributed by atoms with Crippen LogP contribution in [0.15, 0.2) is 0 Å². The number of likely N-dealkylation sites (N-methyl/N-ethyl adjacent to an activating group) is 1. The van der Waals surface area contributed by atoms with Crippen LogP contribution in [0.4, 0.5) is 0 Å². The van der Waals surface area contributed by atoms with Crippen molar-refractivity contribution in [3.05, 3.63) is 0 Å². The van der Waals surface area contributed by atoms with E-state index in [9.17, 15) is 5.11 Å². The van der Waals surface area contributed by atoms with E-state index in [1.165, 1.54) is 57.8 Å². The van der Waals surface area contributed by atoms with Crippen LogP contribution in [0.25, 0.3) is 0 Å². The highest BCUT2D eigenvalue weighted by Gasteiger charge is 2.26. The second-order valence-electron chi connectivity index (χ2n) is 5.84. The fourth-order valence-corrected chi connectivity index (χ4v) is 3.46. The minimum absolute atomic E-state index is 0.0746. The van der Waals surface area contributed by atoms with Crippen LogP contribution in [-0.4, -0.2) is 35.7 Å². The van der Waals surface area contributed by atoms with Gasteiger partial charge in [-0.3, -0.25) is 0 Å². The SMILES string of the molecule is CN(CC(O)C1CCCC1)C1CCCCC1. The number of aliphatic hydroxyl groups is 1. The molecular weight excluding hydrogens is 198 g/mol. The van der Waals surface area contributed by atoms with E-state index < -0.39 is 0 Å². The van der Waals surface area contributed by atoms with Crippen molar-refractivity contribution in [1.82, 2.24) is 4.90 Å². The molecule has 2 saturated carbocycles. The molecule has 2 aliphatic carbocycles. The van der Waals surface area contributed by atoms with Gasteiger partial charge in [0.25, 0.3) is 0 Å². The van der Waals surface area contributed by atoms with Gasteiger partial charge in [-0.25, -0.2) is 0 Å². The molecule has 2 heteroatoms. The van der Waals surface area contributed by atoms with Crippen molar-refractivity contribution < 1.29 is 5.11 Å². The van der Waals surface area contributed by atoms with Crippen molar-refractivity contribution in [3.8, 4) is 0 Å². The lowest BCUT2D eigenvalue weighted by atomic mass is 9.93. The molecular formula is C14H27NO. The van der Waals surface area contributed by atoms with Gasteiger partial charge in [0, 0.05) is 12.6 Å². The predicted molar refractivity (Wildman–Crippen MR) is 67.5 cm³/mol. The third kappa shape index (κ3) is 3.21. The predicted octanol–water partition coefficient (Wildman–Crippen LogP) is 2.80. The molecule has 0 aromatic carbocycles. The molecule has 0 aliphatic heterocycles. The van der Waals surface area contributed by atoms with Crippen molar-refractivity contribution in [1.29, 1.82) is 0 Å². The molecule has 16 heavy (non-hydrogen) atoms. The van der Waals surface area contributed by atoms with Gasteiger partial charge in [-0.05, 0) is 38.6 Å². The summed E-state index contributed by atoms with van der Waals surface area (Å²) in [7, 11) is 2.20. The Bertz CT molecular complexity index is 195. The van der Waals surface area contributed by atoms with Crippen molar-refractivity contribution in [3.63, 3.8) is 0 Å². The maximum absolute atomic E-state index is 10.2. The minimum atomic E-state index is -0.0746. The van der Waals surface area contributed by atoms with Gasteiger partial charge in [0.05, 0.1) is 6.10 Å². The topological polar surface area (TPSA) is 23.5 Å². The van der Waals surface area contributed by atoms with Crippen LogP contribution in [0, 0.1) is 5.92 Å². The van der Waals surface area contributed by atoms with Gasteiger partial charge in [0.1, 0.15) is 0 Å². The summed E-state index contributed by atoms with van der Waals surface area (Å²) in [5.74, 6) is 0.589. The minimum Gasteiger partial charge on any atom is -0.392 e. The number of aliphatic hydroxyl groups excluding tert-OH is 1. The van der Waals surface area contributed by atoms with E-state index in [1.54, 1.807) is 0 Å². The third-order valence-electron chi connectivity index (χ3n) is 4.62. The lowest BCUT2D eigenvalue weighted by Gasteiger charge is -2.33. The fourth-order valence-electron chi connectivity index (χ4n) is 3.46. The van der Waals surface area contributed by atoms with Gasteiger partial charge in [-0.2, -0.15) is 0 Å². The molecule has 2 aliphatic rings. The highest BCUT2D eigenvalue weighted by atomic mass is 16.3. The Morgan fingerprint density at radius 2 is 1.56 bits per heavy atom. The molecule has 1 atom stereocenters. The molecule has 2 fully saturated rings. The molecule has 2 rings (SSSR count). The highest BCUT2D eigenvalue weighted by molar-refractivity contribution is 4.80. The normalized spacial score (nSPS) is 26.4. The van der Waals surface area contributed by atoms with Crippen LogP contribution in [0.2, 0.25) is 0 Å². The lowest BCUT2D eigenvalue weighted by molar-refractivity contribution is 0.0527. The van der Waals surface area contributed by atoms with Crippen LogP contribution in [0.3, 0.4) is 0 Å². The zero-order valence-corrected chi connectivity index (χ0v) is 10.7. The molecule has 0 radical (unpaired) electrons. The summed E-state index contributed by atoms with van der Waals surface area (Å²) in [6.45, 7) is 0.898. The summed E-state index contributed by atoms with van der Waals surface area (Å²) in [6, 6.07) is 0.741. The number of rotatable bonds is 4. The number of hydrogen-bond acceptors (Lipinski definition) is 2. The summed E-state index contributed by atoms with van der Waals surface area (Å²) in [5, 5.41) is 10.2. The highest BCUT2D eigenvalue weighted by Crippen LogP contribution is 2.29. The summed E-state index contributed by atoms with van der Waals surface area (Å²) in [4.78, 5) is 2.42. The van der Waals surface area contributed by atoms with Crippen LogP contribution < -0.4 is 0 Å². The molecule has 0 saturated heterocycles. The Hall–Kier alpha value is -0.0800. The van der Waals surface area contributed by atoms with Crippen LogP contribution >= 0.6 is 0 Å². The van der Waals surface area contributed by atoms with Gasteiger partial charge in [0.2, 0.25) is 0 Å². The summed E-state index contributed by atoms with van der Waals surface area (Å²) < 4.78 is 0. The van der Waals surface area contributed by atoms with E-state index in [4.69, 9.17) is 0 Å². The molecule has 0 amide bonds. The van der Waals surface area contributed by atoms with E-state index in [1.807, 2.05) is 0 Å². The summed E-state index contributed by atoms with van der Waals surface area (Å²) >= 11 is 0. The van der Waals surface area contributed by atoms with Crippen molar-refractivity contribution in [2.24, 2.45) is 5.92 Å². The maximum Gasteiger partial charge on any atom is 0.0695 e. The molecule has 2 nitrogen and oxygen atoms in total. The van der Waals surface area contributed by atoms with Crippen molar-refractivity contribution in [2.45, 2.75) is 69.9 Å². The second kappa shape index (κ2) is 6.02. The maximum atomic E-state index is 10.2. The monoisotopic (exact) mass is 225 g/mol. The van der Waals surface area contributed by atoms with E-state index in [0.29, 0.717) is 5.92 Å². The van der Waals surface area contributed by atoms with Crippen molar-refractivity contribution in [2.75, 3.05) is 13.6 Å². The molecule has 0 aromatic rings. The fraction of sp³-hybridized carbons (Fsp3) is 1.00. The Kier molecular flexibility index (Phi) is 4.66. The molecule has 0 heterocycles. The van der Waals surface area contributed by atoms with Crippen molar-refractivity contribution >= 4 is 0 Å². The van der Waals surface area contributed by atoms with Crippen LogP contribution in [0.1, 0.15) is 57.8 Å². The first-order valence-electron chi connectivity index (χ1n) is 7.15. The van der Waals surface area contributed by atoms with Gasteiger partial charge in [0.15, 0.2) is 0 Å².